The molecule has 2 nitrogen and oxygen atoms in total. The Morgan fingerprint density at radius 2 is 2.19 bits per heavy atom. The molecule has 1 aromatic rings. The molecule has 1 saturated heterocycles. The van der Waals surface area contributed by atoms with E-state index in [-0.39, 0.29) is 0 Å². The number of hydrogen-bond acceptors (Lipinski definition) is 2. The molecule has 0 bridgehead atoms. The van der Waals surface area contributed by atoms with Crippen LogP contribution in [0.2, 0.25) is 0 Å². The summed E-state index contributed by atoms with van der Waals surface area (Å²) in [6.45, 7) is 4.56. The summed E-state index contributed by atoms with van der Waals surface area (Å²) in [5, 5.41) is 7.12. The molecule has 0 aliphatic carbocycles. The highest BCUT2D eigenvalue weighted by Crippen LogP contribution is 2.05. The van der Waals surface area contributed by atoms with Crippen molar-refractivity contribution in [3.8, 4) is 0 Å². The van der Waals surface area contributed by atoms with Crippen LogP contribution >= 0.6 is 0 Å². The van der Waals surface area contributed by atoms with Gasteiger partial charge in [-0.15, -0.1) is 0 Å². The highest BCUT2D eigenvalue weighted by Gasteiger charge is 2.14. The van der Waals surface area contributed by atoms with E-state index in [9.17, 15) is 0 Å². The van der Waals surface area contributed by atoms with Gasteiger partial charge in [0.1, 0.15) is 0 Å². The van der Waals surface area contributed by atoms with Crippen LogP contribution in [0, 0.1) is 0 Å². The molecule has 2 heteroatoms. The predicted octanol–water partition coefficient (Wildman–Crippen LogP) is 1.96. The Hall–Kier alpha value is -0.860. The molecule has 2 rings (SSSR count). The van der Waals surface area contributed by atoms with Crippen LogP contribution < -0.4 is 10.6 Å². The number of nitrogens with one attached hydrogen (secondary N) is 2. The molecule has 1 fully saturated rings. The summed E-state index contributed by atoms with van der Waals surface area (Å²) >= 11 is 0. The quantitative estimate of drug-likeness (QED) is 0.789. The van der Waals surface area contributed by atoms with Gasteiger partial charge in [0.2, 0.25) is 0 Å². The molecular weight excluding hydrogens is 196 g/mol. The standard InChI is InChI=1S/C14H22N2/c1-12(10-13-6-3-2-4-7-13)16-11-14-8-5-9-15-14/h2-4,6-7,12,14-16H,5,8-11H2,1H3. The fourth-order valence-electron chi connectivity index (χ4n) is 2.31. The van der Waals surface area contributed by atoms with Crippen LogP contribution in [0.15, 0.2) is 30.3 Å². The van der Waals surface area contributed by atoms with Gasteiger partial charge in [-0.1, -0.05) is 30.3 Å². The number of hydrogen-bond donors (Lipinski definition) is 2. The van der Waals surface area contributed by atoms with Gasteiger partial charge in [-0.2, -0.15) is 0 Å². The molecule has 1 aliphatic heterocycles. The van der Waals surface area contributed by atoms with Gasteiger partial charge in [-0.05, 0) is 38.3 Å². The molecule has 2 atom stereocenters. The van der Waals surface area contributed by atoms with Crippen LogP contribution in [-0.4, -0.2) is 25.2 Å². The summed E-state index contributed by atoms with van der Waals surface area (Å²) < 4.78 is 0. The van der Waals surface area contributed by atoms with Gasteiger partial charge < -0.3 is 10.6 Å². The van der Waals surface area contributed by atoms with Crippen molar-refractivity contribution in [1.82, 2.24) is 10.6 Å². The van der Waals surface area contributed by atoms with E-state index in [0.717, 1.165) is 13.0 Å². The van der Waals surface area contributed by atoms with E-state index in [1.165, 1.54) is 24.9 Å². The van der Waals surface area contributed by atoms with Gasteiger partial charge in [0.25, 0.3) is 0 Å². The highest BCUT2D eigenvalue weighted by atomic mass is 15.0. The highest BCUT2D eigenvalue weighted by molar-refractivity contribution is 5.15. The monoisotopic (exact) mass is 218 g/mol. The average Bonchev–Trinajstić information content (AvgIpc) is 2.81. The Morgan fingerprint density at radius 3 is 2.88 bits per heavy atom. The first-order valence-electron chi connectivity index (χ1n) is 6.35. The summed E-state index contributed by atoms with van der Waals surface area (Å²) in [7, 11) is 0. The SMILES string of the molecule is CC(Cc1ccccc1)NCC1CCCN1. The Labute approximate surface area is 98.4 Å². The maximum atomic E-state index is 3.61. The maximum Gasteiger partial charge on any atom is 0.0193 e. The van der Waals surface area contributed by atoms with Gasteiger partial charge >= 0.3 is 0 Å². The Kier molecular flexibility index (Phi) is 4.37. The molecule has 0 spiro atoms. The second-order valence-corrected chi connectivity index (χ2v) is 4.79. The van der Waals surface area contributed by atoms with Crippen molar-refractivity contribution in [2.45, 2.75) is 38.3 Å². The smallest absolute Gasteiger partial charge is 0.0193 e. The van der Waals surface area contributed by atoms with E-state index in [2.05, 4.69) is 47.9 Å². The fraction of sp³-hybridized carbons (Fsp3) is 0.571. The van der Waals surface area contributed by atoms with E-state index in [4.69, 9.17) is 0 Å². The topological polar surface area (TPSA) is 24.1 Å². The summed E-state index contributed by atoms with van der Waals surface area (Å²) in [5.74, 6) is 0. The first-order valence-corrected chi connectivity index (χ1v) is 6.35. The van der Waals surface area contributed by atoms with Crippen molar-refractivity contribution in [2.24, 2.45) is 0 Å². The van der Waals surface area contributed by atoms with Crippen LogP contribution in [0.1, 0.15) is 25.3 Å². The largest absolute Gasteiger partial charge is 0.313 e. The lowest BCUT2D eigenvalue weighted by Gasteiger charge is -2.17. The molecule has 88 valence electrons. The van der Waals surface area contributed by atoms with E-state index < -0.39 is 0 Å². The Morgan fingerprint density at radius 1 is 1.38 bits per heavy atom. The van der Waals surface area contributed by atoms with Crippen LogP contribution in [0.5, 0.6) is 0 Å². The number of benzene rings is 1. The van der Waals surface area contributed by atoms with Gasteiger partial charge in [0.15, 0.2) is 0 Å². The molecule has 16 heavy (non-hydrogen) atoms. The lowest BCUT2D eigenvalue weighted by Crippen LogP contribution is -2.39. The fourth-order valence-corrected chi connectivity index (χ4v) is 2.31. The molecule has 0 radical (unpaired) electrons. The Bertz CT molecular complexity index is 291. The lowest BCUT2D eigenvalue weighted by molar-refractivity contribution is 0.477. The Balaban J connectivity index is 1.69. The van der Waals surface area contributed by atoms with Crippen LogP contribution in [0.3, 0.4) is 0 Å². The van der Waals surface area contributed by atoms with Gasteiger partial charge in [-0.3, -0.25) is 0 Å². The van der Waals surface area contributed by atoms with Gasteiger partial charge in [0, 0.05) is 18.6 Å². The van der Waals surface area contributed by atoms with Crippen LogP contribution in [-0.2, 0) is 6.42 Å². The third-order valence-electron chi connectivity index (χ3n) is 3.26. The molecular formula is C14H22N2. The third kappa shape index (κ3) is 3.62. The van der Waals surface area contributed by atoms with Crippen molar-refractivity contribution >= 4 is 0 Å². The summed E-state index contributed by atoms with van der Waals surface area (Å²) in [6.07, 6.45) is 3.78. The molecule has 1 aliphatic rings. The zero-order chi connectivity index (χ0) is 11.2. The van der Waals surface area contributed by atoms with Crippen molar-refractivity contribution in [3.05, 3.63) is 35.9 Å². The molecule has 1 aromatic carbocycles. The second kappa shape index (κ2) is 6.02. The van der Waals surface area contributed by atoms with Crippen LogP contribution in [0.4, 0.5) is 0 Å². The van der Waals surface area contributed by atoms with E-state index in [0.29, 0.717) is 12.1 Å². The van der Waals surface area contributed by atoms with E-state index in [1.54, 1.807) is 0 Å². The zero-order valence-corrected chi connectivity index (χ0v) is 10.1. The summed E-state index contributed by atoms with van der Waals surface area (Å²) in [5.41, 5.74) is 1.42. The molecule has 0 amide bonds. The van der Waals surface area contributed by atoms with E-state index >= 15 is 0 Å². The maximum absolute atomic E-state index is 3.61. The minimum absolute atomic E-state index is 0.560. The zero-order valence-electron chi connectivity index (χ0n) is 10.1. The average molecular weight is 218 g/mol. The van der Waals surface area contributed by atoms with Crippen molar-refractivity contribution < 1.29 is 0 Å². The second-order valence-electron chi connectivity index (χ2n) is 4.79. The van der Waals surface area contributed by atoms with Crippen molar-refractivity contribution in [3.63, 3.8) is 0 Å². The van der Waals surface area contributed by atoms with Gasteiger partial charge in [0.05, 0.1) is 0 Å². The minimum atomic E-state index is 0.560. The third-order valence-corrected chi connectivity index (χ3v) is 3.26. The predicted molar refractivity (Wildman–Crippen MR) is 68.6 cm³/mol. The number of rotatable bonds is 5. The summed E-state index contributed by atoms with van der Waals surface area (Å²) in [4.78, 5) is 0. The summed E-state index contributed by atoms with van der Waals surface area (Å²) in [6, 6.07) is 12.0. The normalized spacial score (nSPS) is 22.2. The first-order chi connectivity index (χ1) is 7.84. The molecule has 2 N–H and O–H groups in total. The van der Waals surface area contributed by atoms with Crippen LogP contribution in [0.25, 0.3) is 0 Å². The molecule has 2 unspecified atom stereocenters. The minimum Gasteiger partial charge on any atom is -0.313 e. The first kappa shape index (κ1) is 11.6. The van der Waals surface area contributed by atoms with Crippen molar-refractivity contribution in [1.29, 1.82) is 0 Å². The molecule has 1 heterocycles. The molecule has 0 aromatic heterocycles. The van der Waals surface area contributed by atoms with Crippen molar-refractivity contribution in [2.75, 3.05) is 13.1 Å². The van der Waals surface area contributed by atoms with E-state index in [1.807, 2.05) is 0 Å². The lowest BCUT2D eigenvalue weighted by atomic mass is 10.1. The van der Waals surface area contributed by atoms with Gasteiger partial charge in [-0.25, -0.2) is 0 Å². The molecule has 0 saturated carbocycles.